The molecule has 1 aromatic carbocycles. The van der Waals surface area contributed by atoms with Crippen LogP contribution in [0.4, 0.5) is 8.78 Å². The van der Waals surface area contributed by atoms with Gasteiger partial charge in [-0.15, -0.1) is 12.4 Å². The molecule has 13 heavy (non-hydrogen) atoms. The Bertz CT molecular complexity index is 302. The molecule has 0 aliphatic rings. The van der Waals surface area contributed by atoms with E-state index in [2.05, 4.69) is 0 Å². The minimum absolute atomic E-state index is 0. The Morgan fingerprint density at radius 2 is 1.77 bits per heavy atom. The molecule has 0 amide bonds. The summed E-state index contributed by atoms with van der Waals surface area (Å²) in [6.07, 6.45) is 0. The topological polar surface area (TPSA) is 26.0 Å². The van der Waals surface area contributed by atoms with Crippen molar-refractivity contribution in [3.63, 3.8) is 0 Å². The zero-order chi connectivity index (χ0) is 9.30. The molecule has 0 aromatic heterocycles. The average molecular weight is 228 g/mol. The smallest absolute Gasteiger partial charge is 0.142 e. The maximum Gasteiger partial charge on any atom is 0.142 e. The molecule has 74 valence electrons. The van der Waals surface area contributed by atoms with Crippen molar-refractivity contribution in [2.45, 2.75) is 13.0 Å². The Balaban J connectivity index is 0.00000144. The minimum atomic E-state index is -0.648. The average Bonchev–Trinajstić information content (AvgIpc) is 1.97. The summed E-state index contributed by atoms with van der Waals surface area (Å²) in [4.78, 5) is 0. The standard InChI is InChI=1S/C8H8ClF2N.ClH/c1-4(12)7-5(10)2-3-6(11)8(7)9;/h2-4H,12H2,1H3;1H/t4-;/m1./s1. The van der Waals surface area contributed by atoms with Gasteiger partial charge >= 0.3 is 0 Å². The lowest BCUT2D eigenvalue weighted by Gasteiger charge is -2.09. The van der Waals surface area contributed by atoms with Crippen LogP contribution < -0.4 is 5.73 Å². The largest absolute Gasteiger partial charge is 0.324 e. The Hall–Kier alpha value is -0.380. The molecule has 1 rings (SSSR count). The van der Waals surface area contributed by atoms with Gasteiger partial charge in [-0.3, -0.25) is 0 Å². The molecule has 0 heterocycles. The van der Waals surface area contributed by atoms with Gasteiger partial charge in [-0.05, 0) is 19.1 Å². The summed E-state index contributed by atoms with van der Waals surface area (Å²) in [6, 6.07) is 1.39. The van der Waals surface area contributed by atoms with Crippen molar-refractivity contribution in [2.75, 3.05) is 0 Å². The molecule has 0 spiro atoms. The van der Waals surface area contributed by atoms with E-state index in [9.17, 15) is 8.78 Å². The van der Waals surface area contributed by atoms with Gasteiger partial charge in [0.15, 0.2) is 0 Å². The predicted octanol–water partition coefficient (Wildman–Crippen LogP) is 3.06. The molecule has 0 bridgehead atoms. The summed E-state index contributed by atoms with van der Waals surface area (Å²) in [5.74, 6) is -1.22. The van der Waals surface area contributed by atoms with E-state index in [1.54, 1.807) is 6.92 Å². The van der Waals surface area contributed by atoms with Crippen molar-refractivity contribution >= 4 is 24.0 Å². The van der Waals surface area contributed by atoms with Gasteiger partial charge < -0.3 is 5.73 Å². The van der Waals surface area contributed by atoms with Gasteiger partial charge in [0.2, 0.25) is 0 Å². The van der Waals surface area contributed by atoms with E-state index in [0.29, 0.717) is 0 Å². The number of nitrogens with two attached hydrogens (primary N) is 1. The van der Waals surface area contributed by atoms with E-state index in [4.69, 9.17) is 17.3 Å². The van der Waals surface area contributed by atoms with E-state index in [1.807, 2.05) is 0 Å². The van der Waals surface area contributed by atoms with Gasteiger partial charge in [-0.2, -0.15) is 0 Å². The number of halogens is 4. The quantitative estimate of drug-likeness (QED) is 0.734. The Kier molecular flexibility index (Phi) is 4.61. The summed E-state index contributed by atoms with van der Waals surface area (Å²) in [5.41, 5.74) is 5.42. The number of hydrogen-bond donors (Lipinski definition) is 1. The third-order valence-corrected chi connectivity index (χ3v) is 1.92. The second kappa shape index (κ2) is 4.74. The molecular weight excluding hydrogens is 219 g/mol. The normalized spacial score (nSPS) is 12.1. The first-order valence-electron chi connectivity index (χ1n) is 3.43. The Morgan fingerprint density at radius 3 is 2.15 bits per heavy atom. The number of hydrogen-bond acceptors (Lipinski definition) is 1. The fourth-order valence-corrected chi connectivity index (χ4v) is 1.29. The first-order valence-corrected chi connectivity index (χ1v) is 3.80. The molecule has 2 N–H and O–H groups in total. The van der Waals surface area contributed by atoms with Crippen LogP contribution >= 0.6 is 24.0 Å². The number of benzene rings is 1. The van der Waals surface area contributed by atoms with E-state index >= 15 is 0 Å². The maximum atomic E-state index is 13.0. The molecule has 0 unspecified atom stereocenters. The molecule has 0 radical (unpaired) electrons. The van der Waals surface area contributed by atoms with E-state index in [0.717, 1.165) is 12.1 Å². The summed E-state index contributed by atoms with van der Waals surface area (Å²) >= 11 is 5.50. The van der Waals surface area contributed by atoms with Crippen molar-refractivity contribution in [3.05, 3.63) is 34.4 Å². The molecule has 0 aliphatic carbocycles. The predicted molar refractivity (Wildman–Crippen MR) is 51.2 cm³/mol. The van der Waals surface area contributed by atoms with Crippen LogP contribution in [0.1, 0.15) is 18.5 Å². The van der Waals surface area contributed by atoms with Crippen LogP contribution in [0.15, 0.2) is 12.1 Å². The summed E-state index contributed by atoms with van der Waals surface area (Å²) < 4.78 is 25.7. The highest BCUT2D eigenvalue weighted by Crippen LogP contribution is 2.26. The van der Waals surface area contributed by atoms with Crippen molar-refractivity contribution in [2.24, 2.45) is 5.73 Å². The Morgan fingerprint density at radius 1 is 1.31 bits per heavy atom. The molecule has 5 heteroatoms. The van der Waals surface area contributed by atoms with Gasteiger partial charge in [-0.25, -0.2) is 8.78 Å². The molecule has 1 nitrogen and oxygen atoms in total. The van der Waals surface area contributed by atoms with Crippen LogP contribution in [-0.2, 0) is 0 Å². The summed E-state index contributed by atoms with van der Waals surface area (Å²) in [7, 11) is 0. The second-order valence-corrected chi connectivity index (χ2v) is 2.92. The van der Waals surface area contributed by atoms with Crippen LogP contribution in [0, 0.1) is 11.6 Å². The van der Waals surface area contributed by atoms with Gasteiger partial charge in [0.1, 0.15) is 11.6 Å². The van der Waals surface area contributed by atoms with Crippen molar-refractivity contribution in [3.8, 4) is 0 Å². The van der Waals surface area contributed by atoms with Crippen LogP contribution in [-0.4, -0.2) is 0 Å². The second-order valence-electron chi connectivity index (χ2n) is 2.55. The maximum absolute atomic E-state index is 13.0. The van der Waals surface area contributed by atoms with Gasteiger partial charge in [-0.1, -0.05) is 11.6 Å². The van der Waals surface area contributed by atoms with Crippen molar-refractivity contribution in [1.82, 2.24) is 0 Å². The van der Waals surface area contributed by atoms with E-state index < -0.39 is 17.7 Å². The lowest BCUT2D eigenvalue weighted by atomic mass is 10.1. The van der Waals surface area contributed by atoms with E-state index in [-0.39, 0.29) is 23.0 Å². The van der Waals surface area contributed by atoms with E-state index in [1.165, 1.54) is 0 Å². The summed E-state index contributed by atoms with van der Waals surface area (Å²) in [6.45, 7) is 1.55. The third kappa shape index (κ3) is 2.53. The highest BCUT2D eigenvalue weighted by Gasteiger charge is 2.14. The SMILES string of the molecule is C[C@@H](N)c1c(F)ccc(F)c1Cl.Cl. The van der Waals surface area contributed by atoms with Gasteiger partial charge in [0.05, 0.1) is 5.02 Å². The lowest BCUT2D eigenvalue weighted by Crippen LogP contribution is -2.09. The van der Waals surface area contributed by atoms with Crippen LogP contribution in [0.25, 0.3) is 0 Å². The first-order chi connectivity index (χ1) is 5.54. The van der Waals surface area contributed by atoms with Crippen LogP contribution in [0.3, 0.4) is 0 Å². The number of rotatable bonds is 1. The van der Waals surface area contributed by atoms with Gasteiger partial charge in [0, 0.05) is 11.6 Å². The van der Waals surface area contributed by atoms with Crippen LogP contribution in [0.2, 0.25) is 5.02 Å². The molecular formula is C8H9Cl2F2N. The lowest BCUT2D eigenvalue weighted by molar-refractivity contribution is 0.572. The summed E-state index contributed by atoms with van der Waals surface area (Å²) in [5, 5.41) is -0.231. The highest BCUT2D eigenvalue weighted by atomic mass is 35.5. The third-order valence-electron chi connectivity index (χ3n) is 1.53. The molecule has 1 atom stereocenters. The fraction of sp³-hybridized carbons (Fsp3) is 0.250. The van der Waals surface area contributed by atoms with Crippen molar-refractivity contribution < 1.29 is 8.78 Å². The minimum Gasteiger partial charge on any atom is -0.324 e. The monoisotopic (exact) mass is 227 g/mol. The Labute approximate surface area is 86.3 Å². The zero-order valence-corrected chi connectivity index (χ0v) is 8.42. The van der Waals surface area contributed by atoms with Crippen molar-refractivity contribution in [1.29, 1.82) is 0 Å². The molecule has 0 saturated carbocycles. The first kappa shape index (κ1) is 12.6. The molecule has 1 aromatic rings. The molecule has 0 aliphatic heterocycles. The van der Waals surface area contributed by atoms with Gasteiger partial charge in [0.25, 0.3) is 0 Å². The zero-order valence-electron chi connectivity index (χ0n) is 6.85. The fourth-order valence-electron chi connectivity index (χ4n) is 0.960. The highest BCUT2D eigenvalue weighted by molar-refractivity contribution is 6.31. The molecule has 0 saturated heterocycles. The van der Waals surface area contributed by atoms with Crippen LogP contribution in [0.5, 0.6) is 0 Å². The molecule has 0 fully saturated rings.